The molecule has 2 heterocycles. The van der Waals surface area contributed by atoms with E-state index in [2.05, 4.69) is 32.6 Å². The van der Waals surface area contributed by atoms with Gasteiger partial charge in [0, 0.05) is 38.4 Å². The van der Waals surface area contributed by atoms with Crippen molar-refractivity contribution in [3.63, 3.8) is 0 Å². The molecule has 2 atom stereocenters. The van der Waals surface area contributed by atoms with Gasteiger partial charge in [-0.1, -0.05) is 48.5 Å². The largest absolute Gasteiger partial charge is 0.351 e. The van der Waals surface area contributed by atoms with Crippen molar-refractivity contribution in [2.24, 2.45) is 0 Å². The highest BCUT2D eigenvalue weighted by atomic mass is 16.7. The maximum atomic E-state index is 13.8. The Labute approximate surface area is 245 Å². The second-order valence-corrected chi connectivity index (χ2v) is 13.4. The molecule has 0 aromatic heterocycles. The van der Waals surface area contributed by atoms with Gasteiger partial charge in [0.2, 0.25) is 11.8 Å². The van der Waals surface area contributed by atoms with Gasteiger partial charge < -0.3 is 20.1 Å². The van der Waals surface area contributed by atoms with Gasteiger partial charge in [-0.25, -0.2) is 0 Å². The molecule has 0 saturated carbocycles. The Balaban J connectivity index is 1.66. The van der Waals surface area contributed by atoms with E-state index < -0.39 is 17.9 Å². The second kappa shape index (κ2) is 12.2. The molecule has 0 bridgehead atoms. The standard InChI is InChI=1S/C33H48N4O4/c1-31(2,3)34-29(38)27-25-15-11-9-13-23(25)17-19-36(27)21-33(40-7,41-8)22-37-20-18-24-14-10-12-16-26(24)28(37)30(39)35-32(4,5)6/h9-16,27-28H,17-22H2,1-8H3,(H,34,38)(H,35,39). The quantitative estimate of drug-likeness (QED) is 0.472. The van der Waals surface area contributed by atoms with Gasteiger partial charge in [-0.05, 0) is 76.6 Å². The number of ether oxygens (including phenoxy) is 2. The molecule has 224 valence electrons. The van der Waals surface area contributed by atoms with Crippen molar-refractivity contribution in [2.75, 3.05) is 40.4 Å². The summed E-state index contributed by atoms with van der Waals surface area (Å²) in [6, 6.07) is 15.4. The highest BCUT2D eigenvalue weighted by molar-refractivity contribution is 5.85. The number of nitrogens with one attached hydrogen (secondary N) is 2. The average Bonchev–Trinajstić information content (AvgIpc) is 2.90. The smallest absolute Gasteiger partial charge is 0.242 e. The van der Waals surface area contributed by atoms with Gasteiger partial charge in [-0.3, -0.25) is 19.4 Å². The molecule has 2 N–H and O–H groups in total. The molecule has 2 unspecified atom stereocenters. The van der Waals surface area contributed by atoms with Crippen LogP contribution in [0.25, 0.3) is 0 Å². The minimum atomic E-state index is -1.07. The molecule has 41 heavy (non-hydrogen) atoms. The third kappa shape index (κ3) is 7.36. The monoisotopic (exact) mass is 564 g/mol. The van der Waals surface area contributed by atoms with Gasteiger partial charge in [-0.15, -0.1) is 0 Å². The molecule has 8 nitrogen and oxygen atoms in total. The van der Waals surface area contributed by atoms with Crippen LogP contribution >= 0.6 is 0 Å². The summed E-state index contributed by atoms with van der Waals surface area (Å²) in [7, 11) is 3.29. The zero-order valence-corrected chi connectivity index (χ0v) is 26.0. The van der Waals surface area contributed by atoms with Gasteiger partial charge in [0.05, 0.1) is 13.1 Å². The number of hydrogen-bond donors (Lipinski definition) is 2. The number of methoxy groups -OCH3 is 2. The van der Waals surface area contributed by atoms with E-state index in [9.17, 15) is 9.59 Å². The molecule has 2 aliphatic rings. The molecular weight excluding hydrogens is 516 g/mol. The molecule has 0 saturated heterocycles. The first-order valence-corrected chi connectivity index (χ1v) is 14.6. The lowest BCUT2D eigenvalue weighted by Crippen LogP contribution is -2.59. The van der Waals surface area contributed by atoms with E-state index in [1.54, 1.807) is 14.2 Å². The zero-order valence-electron chi connectivity index (χ0n) is 26.0. The van der Waals surface area contributed by atoms with Gasteiger partial charge in [0.1, 0.15) is 12.1 Å². The van der Waals surface area contributed by atoms with E-state index >= 15 is 0 Å². The maximum Gasteiger partial charge on any atom is 0.242 e. The van der Waals surface area contributed by atoms with Crippen molar-refractivity contribution >= 4 is 11.8 Å². The minimum absolute atomic E-state index is 0.0416. The van der Waals surface area contributed by atoms with Crippen LogP contribution in [0.2, 0.25) is 0 Å². The Hall–Kier alpha value is -2.78. The number of hydrogen-bond acceptors (Lipinski definition) is 6. The number of amides is 2. The topological polar surface area (TPSA) is 83.1 Å². The predicted molar refractivity (Wildman–Crippen MR) is 161 cm³/mol. The lowest BCUT2D eigenvalue weighted by atomic mass is 9.89. The Bertz CT molecular complexity index is 1140. The van der Waals surface area contributed by atoms with Gasteiger partial charge in [0.15, 0.2) is 5.79 Å². The first-order valence-electron chi connectivity index (χ1n) is 14.6. The molecule has 0 radical (unpaired) electrons. The summed E-state index contributed by atoms with van der Waals surface area (Å²) in [6.45, 7) is 14.1. The summed E-state index contributed by atoms with van der Waals surface area (Å²) in [5.41, 5.74) is 3.65. The van der Waals surface area contributed by atoms with Crippen molar-refractivity contribution in [3.05, 3.63) is 70.8 Å². The predicted octanol–water partition coefficient (Wildman–Crippen LogP) is 4.00. The molecule has 8 heteroatoms. The van der Waals surface area contributed by atoms with E-state index in [1.165, 1.54) is 11.1 Å². The summed E-state index contributed by atoms with van der Waals surface area (Å²) in [4.78, 5) is 31.8. The van der Waals surface area contributed by atoms with E-state index in [1.807, 2.05) is 77.9 Å². The minimum Gasteiger partial charge on any atom is -0.351 e. The average molecular weight is 565 g/mol. The van der Waals surface area contributed by atoms with Crippen molar-refractivity contribution in [1.82, 2.24) is 20.4 Å². The summed E-state index contributed by atoms with van der Waals surface area (Å²) in [5, 5.41) is 6.38. The zero-order chi connectivity index (χ0) is 30.0. The number of carbonyl (C=O) groups excluding carboxylic acids is 2. The fourth-order valence-corrected chi connectivity index (χ4v) is 6.08. The fourth-order valence-electron chi connectivity index (χ4n) is 6.08. The first kappa shape index (κ1) is 31.2. The normalized spacial score (nSPS) is 20.2. The van der Waals surface area contributed by atoms with Crippen LogP contribution in [-0.2, 0) is 31.9 Å². The lowest BCUT2D eigenvalue weighted by molar-refractivity contribution is -0.231. The van der Waals surface area contributed by atoms with Gasteiger partial charge >= 0.3 is 0 Å². The molecule has 2 aromatic rings. The maximum absolute atomic E-state index is 13.8. The number of benzene rings is 2. The third-order valence-corrected chi connectivity index (χ3v) is 7.89. The number of rotatable bonds is 8. The van der Waals surface area contributed by atoms with E-state index in [0.29, 0.717) is 26.2 Å². The fraction of sp³-hybridized carbons (Fsp3) is 0.576. The van der Waals surface area contributed by atoms with Crippen LogP contribution < -0.4 is 10.6 Å². The molecular formula is C33H48N4O4. The van der Waals surface area contributed by atoms with Crippen LogP contribution in [0.3, 0.4) is 0 Å². The van der Waals surface area contributed by atoms with Crippen molar-refractivity contribution < 1.29 is 19.1 Å². The molecule has 2 aromatic carbocycles. The number of fused-ring (bicyclic) bond motifs is 2. The lowest BCUT2D eigenvalue weighted by Gasteiger charge is -2.46. The van der Waals surface area contributed by atoms with E-state index in [-0.39, 0.29) is 22.9 Å². The molecule has 4 rings (SSSR count). The molecule has 2 amide bonds. The first-order chi connectivity index (χ1) is 19.3. The molecule has 0 fully saturated rings. The van der Waals surface area contributed by atoms with Crippen LogP contribution in [-0.4, -0.2) is 78.9 Å². The highest BCUT2D eigenvalue weighted by Crippen LogP contribution is 2.35. The Morgan fingerprint density at radius 1 is 0.707 bits per heavy atom. The summed E-state index contributed by atoms with van der Waals surface area (Å²) in [5.74, 6) is -1.15. The van der Waals surface area contributed by atoms with Crippen molar-refractivity contribution in [3.8, 4) is 0 Å². The van der Waals surface area contributed by atoms with Crippen molar-refractivity contribution in [2.45, 2.75) is 83.3 Å². The van der Waals surface area contributed by atoms with E-state index in [4.69, 9.17) is 9.47 Å². The van der Waals surface area contributed by atoms with Crippen LogP contribution in [0.15, 0.2) is 48.5 Å². The molecule has 0 spiro atoms. The van der Waals surface area contributed by atoms with Crippen molar-refractivity contribution in [1.29, 1.82) is 0 Å². The van der Waals surface area contributed by atoms with Crippen LogP contribution in [0.5, 0.6) is 0 Å². The van der Waals surface area contributed by atoms with E-state index in [0.717, 1.165) is 24.0 Å². The number of carbonyl (C=O) groups is 2. The summed E-state index contributed by atoms with van der Waals surface area (Å²) >= 11 is 0. The SMILES string of the molecule is COC(CN1CCc2ccccc2C1C(=O)NC(C)(C)C)(CN1CCc2ccccc2C1C(=O)NC(C)(C)C)OC. The third-order valence-electron chi connectivity index (χ3n) is 7.89. The summed E-state index contributed by atoms with van der Waals surface area (Å²) in [6.07, 6.45) is 1.65. The molecule has 2 aliphatic heterocycles. The van der Waals surface area contributed by atoms with Crippen LogP contribution in [0.1, 0.15) is 75.9 Å². The Morgan fingerprint density at radius 3 is 1.41 bits per heavy atom. The van der Waals surface area contributed by atoms with Crippen LogP contribution in [0.4, 0.5) is 0 Å². The second-order valence-electron chi connectivity index (χ2n) is 13.4. The molecule has 0 aliphatic carbocycles. The Morgan fingerprint density at radius 2 is 1.07 bits per heavy atom. The van der Waals surface area contributed by atoms with Crippen LogP contribution in [0, 0.1) is 0 Å². The van der Waals surface area contributed by atoms with Gasteiger partial charge in [0.25, 0.3) is 0 Å². The number of nitrogens with zero attached hydrogens (tertiary/aromatic N) is 2. The highest BCUT2D eigenvalue weighted by Gasteiger charge is 2.44. The Kier molecular flexibility index (Phi) is 9.29. The summed E-state index contributed by atoms with van der Waals surface area (Å²) < 4.78 is 12.3. The van der Waals surface area contributed by atoms with Gasteiger partial charge in [-0.2, -0.15) is 0 Å².